The van der Waals surface area contributed by atoms with E-state index in [-0.39, 0.29) is 0 Å². The van der Waals surface area contributed by atoms with E-state index in [9.17, 15) is 9.79 Å². The molecule has 0 aliphatic carbocycles. The first-order chi connectivity index (χ1) is 20.0. The molecule has 2 N–H and O–H groups in total. The first-order valence-electron chi connectivity index (χ1n) is 17.0. The van der Waals surface area contributed by atoms with Crippen molar-refractivity contribution in [2.24, 2.45) is 0 Å². The van der Waals surface area contributed by atoms with Crippen LogP contribution in [0.4, 0.5) is 0 Å². The summed E-state index contributed by atoms with van der Waals surface area (Å²) in [4.78, 5) is 24.3. The predicted octanol–water partition coefficient (Wildman–Crippen LogP) is 12.2. The normalized spacial score (nSPS) is 12.0. The van der Waals surface area contributed by atoms with Gasteiger partial charge in [-0.1, -0.05) is 188 Å². The fourth-order valence-electron chi connectivity index (χ4n) is 5.79. The van der Waals surface area contributed by atoms with Crippen LogP contribution in [-0.4, -0.2) is 9.79 Å². The Labute approximate surface area is 261 Å². The average Bonchev–Trinajstić information content (AvgIpc) is 2.96. The molecule has 2 aromatic rings. The molecule has 0 aliphatic rings. The van der Waals surface area contributed by atoms with Gasteiger partial charge < -0.3 is 9.79 Å². The molecular weight excluding hydrogens is 560 g/mol. The van der Waals surface area contributed by atoms with Crippen molar-refractivity contribution in [3.05, 3.63) is 59.7 Å². The molecular formula is C36H61O2PS2. The largest absolute Gasteiger partial charge is 0.341 e. The highest BCUT2D eigenvalue weighted by molar-refractivity contribution is 8.65. The maximum atomic E-state index is 11.1. The van der Waals surface area contributed by atoms with Gasteiger partial charge in [-0.15, -0.1) is 0 Å². The molecule has 0 aliphatic heterocycles. The van der Waals surface area contributed by atoms with Gasteiger partial charge in [0.25, 0.3) is 0 Å². The minimum Gasteiger partial charge on any atom is -0.341 e. The fourth-order valence-corrected chi connectivity index (χ4v) is 12.0. The molecule has 0 radical (unpaired) electrons. The Kier molecular flexibility index (Phi) is 20.5. The lowest BCUT2D eigenvalue weighted by Crippen LogP contribution is -2.04. The summed E-state index contributed by atoms with van der Waals surface area (Å²) in [6.45, 7) is 4.55. The molecule has 0 unspecified atom stereocenters. The van der Waals surface area contributed by atoms with E-state index in [1.54, 1.807) is 0 Å². The van der Waals surface area contributed by atoms with Gasteiger partial charge in [-0.2, -0.15) is 0 Å². The number of rotatable bonds is 24. The molecule has 0 fully saturated rings. The zero-order valence-corrected chi connectivity index (χ0v) is 29.0. The van der Waals surface area contributed by atoms with Gasteiger partial charge in [-0.25, -0.2) is 0 Å². The van der Waals surface area contributed by atoms with E-state index >= 15 is 0 Å². The summed E-state index contributed by atoms with van der Waals surface area (Å²) in [5.41, 5.74) is -0.922. The quantitative estimate of drug-likeness (QED) is 0.0621. The van der Waals surface area contributed by atoms with E-state index in [2.05, 4.69) is 62.5 Å². The zero-order chi connectivity index (χ0) is 29.6. The molecule has 234 valence electrons. The SMILES string of the molecule is CCCCCCCCCCCCc1ccccc1S(c1ccccc1CCCCCCCCCCCC)=P(O)(O)S. The van der Waals surface area contributed by atoms with Gasteiger partial charge in [0, 0.05) is 9.79 Å². The second kappa shape index (κ2) is 22.9. The summed E-state index contributed by atoms with van der Waals surface area (Å²) in [6, 6.07) is 16.9. The van der Waals surface area contributed by atoms with Crippen molar-refractivity contribution in [1.82, 2.24) is 0 Å². The molecule has 2 nitrogen and oxygen atoms in total. The highest BCUT2D eigenvalue weighted by atomic mass is 32.9. The number of hydrogen-bond donors (Lipinski definition) is 3. The second-order valence-corrected chi connectivity index (χ2v) is 19.5. The third-order valence-corrected chi connectivity index (χ3v) is 14.4. The Bertz CT molecular complexity index is 923. The third-order valence-electron chi connectivity index (χ3n) is 8.21. The molecule has 0 saturated heterocycles. The topological polar surface area (TPSA) is 40.5 Å². The minimum atomic E-state index is -3.43. The molecule has 2 rings (SSSR count). The number of thiol groups is 1. The maximum Gasteiger partial charge on any atom is 0.207 e. The monoisotopic (exact) mass is 620 g/mol. The van der Waals surface area contributed by atoms with Crippen molar-refractivity contribution in [3.8, 4) is 0 Å². The third kappa shape index (κ3) is 15.7. The lowest BCUT2D eigenvalue weighted by molar-refractivity contribution is 0.502. The van der Waals surface area contributed by atoms with Crippen LogP contribution in [0.2, 0.25) is 0 Å². The van der Waals surface area contributed by atoms with Crippen molar-refractivity contribution in [2.75, 3.05) is 0 Å². The number of benzene rings is 2. The molecule has 0 saturated carbocycles. The Balaban J connectivity index is 1.94. The first-order valence-corrected chi connectivity index (χ1v) is 21.6. The fraction of sp³-hybridized carbons (Fsp3) is 0.667. The Morgan fingerprint density at radius 1 is 0.488 bits per heavy atom. The van der Waals surface area contributed by atoms with Gasteiger partial charge in [-0.05, 0) is 48.9 Å². The Morgan fingerprint density at radius 2 is 0.780 bits per heavy atom. The van der Waals surface area contributed by atoms with Crippen molar-refractivity contribution in [2.45, 2.75) is 165 Å². The molecule has 0 spiro atoms. The van der Waals surface area contributed by atoms with Gasteiger partial charge >= 0.3 is 0 Å². The van der Waals surface area contributed by atoms with Crippen LogP contribution in [0.15, 0.2) is 58.3 Å². The molecule has 2 aromatic carbocycles. The standard InChI is InChI=1S/C36H61O2PS2/c1-3-5-7-9-11-13-15-17-19-21-27-33-29-23-25-31-35(33)41(39(37,38)40)36-32-26-24-30-34(36)28-22-20-18-16-14-12-10-8-6-4-2/h23-26,29-32,37-38,40H,3-22,27-28H2,1-2H3. The second-order valence-electron chi connectivity index (χ2n) is 11.9. The van der Waals surface area contributed by atoms with Crippen molar-refractivity contribution < 1.29 is 9.79 Å². The van der Waals surface area contributed by atoms with E-state index in [4.69, 9.17) is 0 Å². The average molecular weight is 621 g/mol. The summed E-state index contributed by atoms with van der Waals surface area (Å²) in [6.07, 6.45) is 28.5. The van der Waals surface area contributed by atoms with Crippen LogP contribution in [0.1, 0.15) is 153 Å². The molecule has 0 bridgehead atoms. The van der Waals surface area contributed by atoms with Gasteiger partial charge in [0.05, 0.1) is 0 Å². The Hall–Kier alpha value is -0.510. The molecule has 41 heavy (non-hydrogen) atoms. The van der Waals surface area contributed by atoms with Crippen LogP contribution in [0.3, 0.4) is 0 Å². The highest BCUT2D eigenvalue weighted by Crippen LogP contribution is 2.52. The maximum absolute atomic E-state index is 11.1. The lowest BCUT2D eigenvalue weighted by atomic mass is 10.0. The number of unbranched alkanes of at least 4 members (excludes halogenated alkanes) is 18. The van der Waals surface area contributed by atoms with Crippen LogP contribution in [0.5, 0.6) is 0 Å². The minimum absolute atomic E-state index is 0.834. The summed E-state index contributed by atoms with van der Waals surface area (Å²) in [5, 5.41) is 0. The highest BCUT2D eigenvalue weighted by Gasteiger charge is 2.20. The van der Waals surface area contributed by atoms with E-state index in [0.29, 0.717) is 0 Å². The van der Waals surface area contributed by atoms with Crippen molar-refractivity contribution >= 4 is 28.0 Å². The molecule has 0 aromatic heterocycles. The summed E-state index contributed by atoms with van der Waals surface area (Å²) < 4.78 is 0. The van der Waals surface area contributed by atoms with Crippen LogP contribution < -0.4 is 0 Å². The van der Waals surface area contributed by atoms with Gasteiger partial charge in [0.2, 0.25) is 5.69 Å². The smallest absolute Gasteiger partial charge is 0.207 e. The van der Waals surface area contributed by atoms with Crippen LogP contribution in [0, 0.1) is 0 Å². The number of hydrogen-bond acceptors (Lipinski definition) is 0. The van der Waals surface area contributed by atoms with Gasteiger partial charge in [-0.3, -0.25) is 0 Å². The van der Waals surface area contributed by atoms with Gasteiger partial charge in [0.1, 0.15) is 0 Å². The van der Waals surface area contributed by atoms with E-state index in [0.717, 1.165) is 35.5 Å². The molecule has 0 heterocycles. The van der Waals surface area contributed by atoms with Crippen LogP contribution in [-0.2, 0) is 22.9 Å². The van der Waals surface area contributed by atoms with E-state index < -0.39 is 15.8 Å². The first kappa shape index (κ1) is 36.7. The number of aryl methyl sites for hydroxylation is 2. The van der Waals surface area contributed by atoms with Crippen molar-refractivity contribution in [3.63, 3.8) is 0 Å². The van der Waals surface area contributed by atoms with Crippen LogP contribution >= 0.6 is 17.9 Å². The summed E-state index contributed by atoms with van der Waals surface area (Å²) in [7, 11) is -0.834. The van der Waals surface area contributed by atoms with E-state index in [1.165, 1.54) is 127 Å². The van der Waals surface area contributed by atoms with Crippen molar-refractivity contribution in [1.29, 1.82) is 0 Å². The molecule has 0 atom stereocenters. The van der Waals surface area contributed by atoms with E-state index in [1.807, 2.05) is 12.1 Å². The predicted molar refractivity (Wildman–Crippen MR) is 188 cm³/mol. The molecule has 5 heteroatoms. The Morgan fingerprint density at radius 3 is 1.10 bits per heavy atom. The zero-order valence-electron chi connectivity index (χ0n) is 26.4. The van der Waals surface area contributed by atoms with Crippen LogP contribution in [0.25, 0.3) is 0 Å². The lowest BCUT2D eigenvalue weighted by Gasteiger charge is -2.22. The summed E-state index contributed by atoms with van der Waals surface area (Å²) in [5.74, 6) is 0. The van der Waals surface area contributed by atoms with Gasteiger partial charge in [0.15, 0.2) is 0 Å². The molecule has 0 amide bonds. The summed E-state index contributed by atoms with van der Waals surface area (Å²) >= 11 is 4.46.